The molecule has 0 aliphatic carbocycles. The molecule has 26 heavy (non-hydrogen) atoms. The highest BCUT2D eigenvalue weighted by molar-refractivity contribution is 5.92. The maximum absolute atomic E-state index is 12.0. The molecule has 0 amide bonds. The smallest absolute Gasteiger partial charge is 0.358 e. The van der Waals surface area contributed by atoms with Gasteiger partial charge in [-0.25, -0.2) is 14.6 Å². The van der Waals surface area contributed by atoms with Gasteiger partial charge in [0.05, 0.1) is 17.4 Å². The third-order valence-electron chi connectivity index (χ3n) is 3.39. The van der Waals surface area contributed by atoms with Crippen LogP contribution >= 0.6 is 0 Å². The fourth-order valence-corrected chi connectivity index (χ4v) is 2.30. The largest absolute Gasteiger partial charge is 0.476 e. The molecule has 0 unspecified atom stereocenters. The second kappa shape index (κ2) is 7.14. The number of carboxylic acids is 1. The quantitative estimate of drug-likeness (QED) is 0.551. The van der Waals surface area contributed by atoms with Crippen LogP contribution < -0.4 is 0 Å². The van der Waals surface area contributed by atoms with Crippen LogP contribution in [0, 0.1) is 0 Å². The highest BCUT2D eigenvalue weighted by Gasteiger charge is 2.18. The zero-order valence-corrected chi connectivity index (χ0v) is 14.2. The number of carboxylic acid groups (broad SMARTS) is 1. The predicted molar refractivity (Wildman–Crippen MR) is 93.3 cm³/mol. The van der Waals surface area contributed by atoms with Crippen molar-refractivity contribution >= 4 is 29.1 Å². The minimum absolute atomic E-state index is 0.100. The number of ether oxygens (including phenoxy) is 1. The molecule has 8 heteroatoms. The number of aromatic carboxylic acids is 1. The van der Waals surface area contributed by atoms with Gasteiger partial charge in [-0.05, 0) is 44.2 Å². The molecule has 0 spiro atoms. The summed E-state index contributed by atoms with van der Waals surface area (Å²) in [5, 5.41) is 17.4. The average Bonchev–Trinajstić information content (AvgIpc) is 2.98. The van der Waals surface area contributed by atoms with Gasteiger partial charge in [-0.15, -0.1) is 10.2 Å². The molecular weight excluding hydrogens is 336 g/mol. The molecule has 8 nitrogen and oxygen atoms in total. The number of imidazole rings is 1. The Kier molecular flexibility index (Phi) is 4.74. The van der Waals surface area contributed by atoms with Crippen LogP contribution in [-0.2, 0) is 4.74 Å². The van der Waals surface area contributed by atoms with E-state index in [0.29, 0.717) is 16.9 Å². The van der Waals surface area contributed by atoms with Crippen LogP contribution in [0.2, 0.25) is 0 Å². The number of esters is 1. The molecule has 0 aliphatic heterocycles. The van der Waals surface area contributed by atoms with E-state index in [1.807, 2.05) is 0 Å². The van der Waals surface area contributed by atoms with Gasteiger partial charge >= 0.3 is 11.9 Å². The number of carbonyl (C=O) groups excluding carboxylic acids is 1. The number of nitrogens with zero attached hydrogens (tertiary/aromatic N) is 4. The molecule has 132 valence electrons. The van der Waals surface area contributed by atoms with Gasteiger partial charge in [0, 0.05) is 6.20 Å². The van der Waals surface area contributed by atoms with Crippen LogP contribution in [-0.4, -0.2) is 32.5 Å². The number of rotatable bonds is 5. The molecule has 3 aromatic rings. The van der Waals surface area contributed by atoms with Crippen molar-refractivity contribution in [3.8, 4) is 0 Å². The third-order valence-corrected chi connectivity index (χ3v) is 3.39. The lowest BCUT2D eigenvalue weighted by Crippen LogP contribution is -2.11. The molecule has 0 saturated heterocycles. The first-order valence-electron chi connectivity index (χ1n) is 7.89. The predicted octanol–water partition coefficient (Wildman–Crippen LogP) is 4.01. The van der Waals surface area contributed by atoms with E-state index < -0.39 is 11.9 Å². The minimum Gasteiger partial charge on any atom is -0.476 e. The minimum atomic E-state index is -1.20. The Labute approximate surface area is 148 Å². The number of hydrogen-bond acceptors (Lipinski definition) is 6. The molecule has 0 radical (unpaired) electrons. The van der Waals surface area contributed by atoms with Crippen molar-refractivity contribution in [3.63, 3.8) is 0 Å². The summed E-state index contributed by atoms with van der Waals surface area (Å²) in [5.74, 6) is -1.56. The summed E-state index contributed by atoms with van der Waals surface area (Å²) in [6.07, 6.45) is 1.42. The van der Waals surface area contributed by atoms with Crippen molar-refractivity contribution in [1.82, 2.24) is 9.38 Å². The van der Waals surface area contributed by atoms with Crippen LogP contribution in [0.1, 0.15) is 34.7 Å². The van der Waals surface area contributed by atoms with Gasteiger partial charge < -0.3 is 9.84 Å². The zero-order chi connectivity index (χ0) is 18.7. The lowest BCUT2D eigenvalue weighted by Gasteiger charge is -2.07. The molecule has 3 rings (SSSR count). The van der Waals surface area contributed by atoms with E-state index in [4.69, 9.17) is 4.74 Å². The SMILES string of the molecule is CC(C)OC(=O)c1cccc(N=Nc2c(C(=O)O)nc3ccccn23)c1. The Morgan fingerprint density at radius 2 is 1.96 bits per heavy atom. The summed E-state index contributed by atoms with van der Waals surface area (Å²) in [7, 11) is 0. The number of hydrogen-bond donors (Lipinski definition) is 1. The highest BCUT2D eigenvalue weighted by atomic mass is 16.5. The second-order valence-electron chi connectivity index (χ2n) is 5.72. The summed E-state index contributed by atoms with van der Waals surface area (Å²) in [6.45, 7) is 3.53. The normalized spacial score (nSPS) is 11.3. The second-order valence-corrected chi connectivity index (χ2v) is 5.72. The molecule has 0 saturated carbocycles. The standard InChI is InChI=1S/C18H16N4O4/c1-11(2)26-18(25)12-6-5-7-13(10-12)20-21-16-15(17(23)24)19-14-8-3-4-9-22(14)16/h3-11H,1-2H3,(H,23,24). The molecule has 0 atom stereocenters. The summed E-state index contributed by atoms with van der Waals surface area (Å²) in [4.78, 5) is 27.4. The van der Waals surface area contributed by atoms with Gasteiger partial charge in [-0.3, -0.25) is 4.40 Å². The lowest BCUT2D eigenvalue weighted by molar-refractivity contribution is 0.0377. The zero-order valence-electron chi connectivity index (χ0n) is 14.2. The topological polar surface area (TPSA) is 106 Å². The van der Waals surface area contributed by atoms with Crippen LogP contribution in [0.5, 0.6) is 0 Å². The molecule has 2 heterocycles. The molecule has 0 fully saturated rings. The Morgan fingerprint density at radius 3 is 2.69 bits per heavy atom. The van der Waals surface area contributed by atoms with Crippen LogP contribution in [0.15, 0.2) is 58.9 Å². The van der Waals surface area contributed by atoms with E-state index in [0.717, 1.165) is 0 Å². The summed E-state index contributed by atoms with van der Waals surface area (Å²) in [5.41, 5.74) is 0.987. The Hall–Kier alpha value is -3.55. The van der Waals surface area contributed by atoms with Gasteiger partial charge in [-0.1, -0.05) is 12.1 Å². The van der Waals surface area contributed by atoms with E-state index >= 15 is 0 Å². The maximum atomic E-state index is 12.0. The van der Waals surface area contributed by atoms with Gasteiger partial charge in [-0.2, -0.15) is 0 Å². The number of pyridine rings is 1. The first-order valence-corrected chi connectivity index (χ1v) is 7.89. The first-order chi connectivity index (χ1) is 12.5. The Bertz CT molecular complexity index is 1010. The van der Waals surface area contributed by atoms with Crippen molar-refractivity contribution in [3.05, 3.63) is 59.9 Å². The Balaban J connectivity index is 1.96. The van der Waals surface area contributed by atoms with Gasteiger partial charge in [0.2, 0.25) is 0 Å². The van der Waals surface area contributed by atoms with Crippen LogP contribution in [0.3, 0.4) is 0 Å². The molecule has 0 aliphatic rings. The van der Waals surface area contributed by atoms with E-state index in [1.54, 1.807) is 56.4 Å². The molecular formula is C18H16N4O4. The average molecular weight is 352 g/mol. The number of carbonyl (C=O) groups is 2. The van der Waals surface area contributed by atoms with Crippen molar-refractivity contribution < 1.29 is 19.4 Å². The lowest BCUT2D eigenvalue weighted by atomic mass is 10.2. The van der Waals surface area contributed by atoms with Crippen molar-refractivity contribution in [2.75, 3.05) is 0 Å². The van der Waals surface area contributed by atoms with Crippen molar-refractivity contribution in [1.29, 1.82) is 0 Å². The number of fused-ring (bicyclic) bond motifs is 1. The first kappa shape index (κ1) is 17.3. The van der Waals surface area contributed by atoms with E-state index in [2.05, 4.69) is 15.2 Å². The maximum Gasteiger partial charge on any atom is 0.358 e. The molecule has 0 bridgehead atoms. The molecule has 2 aromatic heterocycles. The summed E-state index contributed by atoms with van der Waals surface area (Å²) in [6, 6.07) is 11.6. The van der Waals surface area contributed by atoms with Gasteiger partial charge in [0.1, 0.15) is 5.65 Å². The van der Waals surface area contributed by atoms with Crippen molar-refractivity contribution in [2.24, 2.45) is 10.2 Å². The monoisotopic (exact) mass is 352 g/mol. The highest BCUT2D eigenvalue weighted by Crippen LogP contribution is 2.24. The van der Waals surface area contributed by atoms with E-state index in [-0.39, 0.29) is 17.6 Å². The number of aromatic nitrogens is 2. The van der Waals surface area contributed by atoms with Crippen LogP contribution in [0.25, 0.3) is 5.65 Å². The fourth-order valence-electron chi connectivity index (χ4n) is 2.30. The number of benzene rings is 1. The summed E-state index contributed by atoms with van der Waals surface area (Å²) < 4.78 is 6.68. The third kappa shape index (κ3) is 3.59. The van der Waals surface area contributed by atoms with E-state index in [1.165, 1.54) is 10.5 Å². The van der Waals surface area contributed by atoms with E-state index in [9.17, 15) is 14.7 Å². The molecule has 1 aromatic carbocycles. The number of azo groups is 1. The Morgan fingerprint density at radius 1 is 1.15 bits per heavy atom. The van der Waals surface area contributed by atoms with Crippen LogP contribution in [0.4, 0.5) is 11.5 Å². The van der Waals surface area contributed by atoms with Crippen molar-refractivity contribution in [2.45, 2.75) is 20.0 Å². The fraction of sp³-hybridized carbons (Fsp3) is 0.167. The van der Waals surface area contributed by atoms with Gasteiger partial charge in [0.15, 0.2) is 11.5 Å². The van der Waals surface area contributed by atoms with Gasteiger partial charge in [0.25, 0.3) is 0 Å². The summed E-state index contributed by atoms with van der Waals surface area (Å²) >= 11 is 0. The molecule has 1 N–H and O–H groups in total.